The molecular formula is C17H21NO4. The maximum atomic E-state index is 12.5. The number of carbonyl (C=O) groups excluding carboxylic acids is 1. The molecule has 1 aliphatic carbocycles. The normalized spacial score (nSPS) is 19.5. The van der Waals surface area contributed by atoms with Crippen LogP contribution in [-0.2, 0) is 22.4 Å². The van der Waals surface area contributed by atoms with E-state index in [9.17, 15) is 14.7 Å². The van der Waals surface area contributed by atoms with Crippen molar-refractivity contribution in [3.8, 4) is 0 Å². The van der Waals surface area contributed by atoms with Gasteiger partial charge in [0.1, 0.15) is 0 Å². The number of carboxylic acids is 1. The molecule has 1 heterocycles. The summed E-state index contributed by atoms with van der Waals surface area (Å²) in [7, 11) is 0. The third kappa shape index (κ3) is 2.73. The molecule has 0 spiro atoms. The molecule has 0 atom stereocenters. The van der Waals surface area contributed by atoms with Crippen LogP contribution in [0.15, 0.2) is 18.2 Å². The fourth-order valence-corrected chi connectivity index (χ4v) is 3.41. The van der Waals surface area contributed by atoms with Crippen LogP contribution >= 0.6 is 0 Å². The first-order valence-corrected chi connectivity index (χ1v) is 7.82. The molecule has 1 aromatic rings. The molecule has 1 aromatic carbocycles. The molecule has 2 N–H and O–H groups in total. The van der Waals surface area contributed by atoms with Gasteiger partial charge in [0.15, 0.2) is 0 Å². The first kappa shape index (κ1) is 15.0. The Labute approximate surface area is 129 Å². The van der Waals surface area contributed by atoms with E-state index >= 15 is 0 Å². The van der Waals surface area contributed by atoms with Crippen molar-refractivity contribution in [1.29, 1.82) is 0 Å². The van der Waals surface area contributed by atoms with Crippen molar-refractivity contribution in [3.05, 3.63) is 34.9 Å². The number of amides is 1. The summed E-state index contributed by atoms with van der Waals surface area (Å²) in [6.07, 6.45) is 3.91. The number of ether oxygens (including phenoxy) is 1. The Hall–Kier alpha value is -1.88. The number of aliphatic carboxylic acids is 1. The van der Waals surface area contributed by atoms with Gasteiger partial charge in [-0.3, -0.25) is 9.59 Å². The molecule has 1 amide bonds. The molecular weight excluding hydrogens is 282 g/mol. The van der Waals surface area contributed by atoms with E-state index in [1.165, 1.54) is 5.56 Å². The van der Waals surface area contributed by atoms with Gasteiger partial charge in [-0.15, -0.1) is 0 Å². The van der Waals surface area contributed by atoms with Crippen LogP contribution in [0.3, 0.4) is 0 Å². The van der Waals surface area contributed by atoms with Gasteiger partial charge in [-0.25, -0.2) is 0 Å². The van der Waals surface area contributed by atoms with Gasteiger partial charge in [0.05, 0.1) is 5.41 Å². The Morgan fingerprint density at radius 1 is 1.23 bits per heavy atom. The fraction of sp³-hybridized carbons (Fsp3) is 0.529. The summed E-state index contributed by atoms with van der Waals surface area (Å²) >= 11 is 0. The SMILES string of the molecule is O=C(NCC1(C(=O)O)CCOCC1)c1cccc2c1CCC2. The van der Waals surface area contributed by atoms with Gasteiger partial charge in [-0.2, -0.15) is 0 Å². The molecule has 3 rings (SSSR count). The van der Waals surface area contributed by atoms with Gasteiger partial charge in [0.2, 0.25) is 0 Å². The van der Waals surface area contributed by atoms with Crippen LogP contribution in [0, 0.1) is 5.41 Å². The molecule has 0 bridgehead atoms. The van der Waals surface area contributed by atoms with Crippen LogP contribution < -0.4 is 5.32 Å². The molecule has 22 heavy (non-hydrogen) atoms. The Kier molecular flexibility index (Phi) is 4.16. The number of hydrogen-bond acceptors (Lipinski definition) is 3. The van der Waals surface area contributed by atoms with Gasteiger partial charge in [0, 0.05) is 25.3 Å². The first-order valence-electron chi connectivity index (χ1n) is 7.82. The topological polar surface area (TPSA) is 75.6 Å². The molecule has 1 fully saturated rings. The lowest BCUT2D eigenvalue weighted by molar-refractivity contribution is -0.154. The van der Waals surface area contributed by atoms with Crippen molar-refractivity contribution < 1.29 is 19.4 Å². The van der Waals surface area contributed by atoms with Crippen molar-refractivity contribution in [2.75, 3.05) is 19.8 Å². The highest BCUT2D eigenvalue weighted by molar-refractivity contribution is 5.96. The maximum Gasteiger partial charge on any atom is 0.311 e. The second-order valence-electron chi connectivity index (χ2n) is 6.18. The highest BCUT2D eigenvalue weighted by atomic mass is 16.5. The Morgan fingerprint density at radius 3 is 2.73 bits per heavy atom. The number of aryl methyl sites for hydroxylation is 1. The summed E-state index contributed by atoms with van der Waals surface area (Å²) in [5, 5.41) is 12.4. The lowest BCUT2D eigenvalue weighted by atomic mass is 9.80. The van der Waals surface area contributed by atoms with Crippen LogP contribution in [0.5, 0.6) is 0 Å². The number of rotatable bonds is 4. The van der Waals surface area contributed by atoms with E-state index in [4.69, 9.17) is 4.74 Å². The third-order valence-electron chi connectivity index (χ3n) is 4.88. The van der Waals surface area contributed by atoms with Crippen LogP contribution in [-0.4, -0.2) is 36.7 Å². The lowest BCUT2D eigenvalue weighted by Crippen LogP contribution is -2.46. The Balaban J connectivity index is 1.72. The summed E-state index contributed by atoms with van der Waals surface area (Å²) < 4.78 is 5.25. The van der Waals surface area contributed by atoms with Crippen molar-refractivity contribution >= 4 is 11.9 Å². The predicted molar refractivity (Wildman–Crippen MR) is 80.9 cm³/mol. The number of carbonyl (C=O) groups is 2. The second kappa shape index (κ2) is 6.08. The predicted octanol–water partition coefficient (Wildman–Crippen LogP) is 1.79. The minimum absolute atomic E-state index is 0.161. The highest BCUT2D eigenvalue weighted by Gasteiger charge is 2.40. The minimum atomic E-state index is -0.897. The second-order valence-corrected chi connectivity index (χ2v) is 6.18. The van der Waals surface area contributed by atoms with Crippen LogP contribution in [0.1, 0.15) is 40.7 Å². The van der Waals surface area contributed by atoms with Crippen LogP contribution in [0.2, 0.25) is 0 Å². The van der Waals surface area contributed by atoms with E-state index < -0.39 is 11.4 Å². The molecule has 1 saturated heterocycles. The third-order valence-corrected chi connectivity index (χ3v) is 4.88. The number of hydrogen-bond donors (Lipinski definition) is 2. The van der Waals surface area contributed by atoms with Crippen LogP contribution in [0.25, 0.3) is 0 Å². The summed E-state index contributed by atoms with van der Waals surface area (Å²) in [5.41, 5.74) is 2.16. The van der Waals surface area contributed by atoms with E-state index in [1.807, 2.05) is 12.1 Å². The van der Waals surface area contributed by atoms with Gasteiger partial charge < -0.3 is 15.2 Å². The van der Waals surface area contributed by atoms with E-state index in [-0.39, 0.29) is 12.5 Å². The van der Waals surface area contributed by atoms with Gasteiger partial charge in [0.25, 0.3) is 5.91 Å². The monoisotopic (exact) mass is 303 g/mol. The van der Waals surface area contributed by atoms with E-state index in [0.717, 1.165) is 24.8 Å². The Bertz CT molecular complexity index is 590. The molecule has 5 heteroatoms. The van der Waals surface area contributed by atoms with E-state index in [0.29, 0.717) is 31.6 Å². The number of carboxylic acid groups (broad SMARTS) is 1. The van der Waals surface area contributed by atoms with E-state index in [2.05, 4.69) is 11.4 Å². The van der Waals surface area contributed by atoms with Crippen LogP contribution in [0.4, 0.5) is 0 Å². The quantitative estimate of drug-likeness (QED) is 0.889. The maximum absolute atomic E-state index is 12.5. The number of fused-ring (bicyclic) bond motifs is 1. The molecule has 118 valence electrons. The minimum Gasteiger partial charge on any atom is -0.481 e. The van der Waals surface area contributed by atoms with Crippen molar-refractivity contribution in [1.82, 2.24) is 5.32 Å². The molecule has 0 aromatic heterocycles. The van der Waals surface area contributed by atoms with Gasteiger partial charge >= 0.3 is 5.97 Å². The summed E-state index contributed by atoms with van der Waals surface area (Å²) in [6, 6.07) is 5.80. The molecule has 1 aliphatic heterocycles. The average Bonchev–Trinajstić information content (AvgIpc) is 3.02. The zero-order chi connectivity index (χ0) is 15.6. The molecule has 0 radical (unpaired) electrons. The molecule has 2 aliphatic rings. The number of benzene rings is 1. The van der Waals surface area contributed by atoms with E-state index in [1.54, 1.807) is 0 Å². The van der Waals surface area contributed by atoms with Gasteiger partial charge in [-0.1, -0.05) is 12.1 Å². The summed E-state index contributed by atoms with van der Waals surface area (Å²) in [5.74, 6) is -1.01. The van der Waals surface area contributed by atoms with Gasteiger partial charge in [-0.05, 0) is 49.3 Å². The number of nitrogens with one attached hydrogen (secondary N) is 1. The average molecular weight is 303 g/mol. The molecule has 5 nitrogen and oxygen atoms in total. The lowest BCUT2D eigenvalue weighted by Gasteiger charge is -2.33. The zero-order valence-electron chi connectivity index (χ0n) is 12.6. The van der Waals surface area contributed by atoms with Crippen molar-refractivity contribution in [2.24, 2.45) is 5.41 Å². The highest BCUT2D eigenvalue weighted by Crippen LogP contribution is 2.30. The zero-order valence-corrected chi connectivity index (χ0v) is 12.6. The summed E-state index contributed by atoms with van der Waals surface area (Å²) in [4.78, 5) is 24.1. The fourth-order valence-electron chi connectivity index (χ4n) is 3.41. The standard InChI is InChI=1S/C17H21NO4/c19-15(14-6-2-4-12-3-1-5-13(12)14)18-11-17(16(20)21)7-9-22-10-8-17/h2,4,6H,1,3,5,7-11H2,(H,18,19)(H,20,21). The van der Waals surface area contributed by atoms with Crippen molar-refractivity contribution in [3.63, 3.8) is 0 Å². The summed E-state index contributed by atoms with van der Waals surface area (Å²) in [6.45, 7) is 1.03. The Morgan fingerprint density at radius 2 is 2.00 bits per heavy atom. The first-order chi connectivity index (χ1) is 10.6. The smallest absolute Gasteiger partial charge is 0.311 e. The van der Waals surface area contributed by atoms with Crippen molar-refractivity contribution in [2.45, 2.75) is 32.1 Å². The molecule has 0 unspecified atom stereocenters. The largest absolute Gasteiger partial charge is 0.481 e. The molecule has 0 saturated carbocycles.